The van der Waals surface area contributed by atoms with Gasteiger partial charge in [-0.1, -0.05) is 0 Å². The van der Waals surface area contributed by atoms with E-state index >= 15 is 0 Å². The minimum absolute atomic E-state index is 0.117. The number of carbonyl (C=O) groups excluding carboxylic acids is 2. The van der Waals surface area contributed by atoms with E-state index in [2.05, 4.69) is 20.9 Å². The summed E-state index contributed by atoms with van der Waals surface area (Å²) in [6, 6.07) is 17.8. The van der Waals surface area contributed by atoms with Crippen molar-refractivity contribution in [3.05, 3.63) is 72.6 Å². The second kappa shape index (κ2) is 8.68. The minimum atomic E-state index is -0.295. The Morgan fingerprint density at radius 3 is 1.93 bits per heavy atom. The van der Waals surface area contributed by atoms with Crippen molar-refractivity contribution >= 4 is 34.6 Å². The minimum Gasteiger partial charge on any atom is -0.497 e. The average Bonchev–Trinajstić information content (AvgIpc) is 2.70. The summed E-state index contributed by atoms with van der Waals surface area (Å²) in [4.78, 5) is 27.6. The van der Waals surface area contributed by atoms with Gasteiger partial charge in [-0.2, -0.15) is 0 Å². The maximum Gasteiger partial charge on any atom is 0.274 e. The smallest absolute Gasteiger partial charge is 0.274 e. The van der Waals surface area contributed by atoms with Crippen LogP contribution in [0, 0.1) is 0 Å². The summed E-state index contributed by atoms with van der Waals surface area (Å²) in [6.45, 7) is 1.46. The van der Waals surface area contributed by atoms with E-state index in [1.54, 1.807) is 61.8 Å². The molecule has 0 saturated heterocycles. The van der Waals surface area contributed by atoms with Crippen LogP contribution in [0.2, 0.25) is 0 Å². The standard InChI is InChI=1S/C21H20N4O3/c1-14(26)23-15-3-5-16(6-4-15)24-18-9-12-20(22-13-18)21(27)25-17-7-10-19(28-2)11-8-17/h3-13,24H,1-2H3,(H,23,26)(H,25,27). The van der Waals surface area contributed by atoms with Crippen molar-refractivity contribution in [1.29, 1.82) is 0 Å². The fourth-order valence-corrected chi connectivity index (χ4v) is 2.48. The molecule has 0 unspecified atom stereocenters. The summed E-state index contributed by atoms with van der Waals surface area (Å²) in [5.41, 5.74) is 3.28. The monoisotopic (exact) mass is 376 g/mol. The Labute approximate surface area is 162 Å². The molecule has 3 aromatic rings. The Morgan fingerprint density at radius 2 is 1.36 bits per heavy atom. The van der Waals surface area contributed by atoms with Crippen LogP contribution in [0.25, 0.3) is 0 Å². The van der Waals surface area contributed by atoms with Gasteiger partial charge in [0.15, 0.2) is 0 Å². The first kappa shape index (κ1) is 18.9. The molecular weight excluding hydrogens is 356 g/mol. The maximum atomic E-state index is 12.3. The van der Waals surface area contributed by atoms with Crippen molar-refractivity contribution in [2.24, 2.45) is 0 Å². The maximum absolute atomic E-state index is 12.3. The number of hydrogen-bond donors (Lipinski definition) is 3. The molecule has 1 heterocycles. The van der Waals surface area contributed by atoms with Crippen LogP contribution >= 0.6 is 0 Å². The molecular formula is C21H20N4O3. The SMILES string of the molecule is COc1ccc(NC(=O)c2ccc(Nc3ccc(NC(C)=O)cc3)cn2)cc1. The predicted octanol–water partition coefficient (Wildman–Crippen LogP) is 4.04. The third-order valence-electron chi connectivity index (χ3n) is 3.84. The van der Waals surface area contributed by atoms with E-state index < -0.39 is 0 Å². The number of anilines is 4. The second-order valence-corrected chi connectivity index (χ2v) is 6.00. The summed E-state index contributed by atoms with van der Waals surface area (Å²) in [5, 5.41) is 8.69. The number of carbonyl (C=O) groups is 2. The molecule has 2 amide bonds. The van der Waals surface area contributed by atoms with Crippen LogP contribution in [0.1, 0.15) is 17.4 Å². The Hall–Kier alpha value is -3.87. The Balaban J connectivity index is 1.60. The van der Waals surface area contributed by atoms with Crippen LogP contribution in [0.3, 0.4) is 0 Å². The molecule has 0 spiro atoms. The van der Waals surface area contributed by atoms with Crippen molar-refractivity contribution in [3.8, 4) is 5.75 Å². The van der Waals surface area contributed by atoms with E-state index in [4.69, 9.17) is 4.74 Å². The van der Waals surface area contributed by atoms with E-state index in [1.807, 2.05) is 12.1 Å². The van der Waals surface area contributed by atoms with Gasteiger partial charge in [0.2, 0.25) is 5.91 Å². The quantitative estimate of drug-likeness (QED) is 0.604. The molecule has 142 valence electrons. The molecule has 0 atom stereocenters. The first-order chi connectivity index (χ1) is 13.5. The lowest BCUT2D eigenvalue weighted by Crippen LogP contribution is -2.13. The third-order valence-corrected chi connectivity index (χ3v) is 3.84. The number of pyridine rings is 1. The number of aromatic nitrogens is 1. The molecule has 0 saturated carbocycles. The molecule has 0 aliphatic carbocycles. The normalized spacial score (nSPS) is 10.1. The summed E-state index contributed by atoms with van der Waals surface area (Å²) in [5.74, 6) is 0.307. The average molecular weight is 376 g/mol. The van der Waals surface area contributed by atoms with Gasteiger partial charge in [-0.05, 0) is 60.7 Å². The first-order valence-electron chi connectivity index (χ1n) is 8.59. The number of amides is 2. The van der Waals surface area contributed by atoms with E-state index in [9.17, 15) is 9.59 Å². The summed E-state index contributed by atoms with van der Waals surface area (Å²) in [6.07, 6.45) is 1.59. The van der Waals surface area contributed by atoms with Crippen molar-refractivity contribution in [2.75, 3.05) is 23.1 Å². The van der Waals surface area contributed by atoms with Crippen molar-refractivity contribution < 1.29 is 14.3 Å². The molecule has 28 heavy (non-hydrogen) atoms. The van der Waals surface area contributed by atoms with Gasteiger partial charge in [-0.3, -0.25) is 9.59 Å². The van der Waals surface area contributed by atoms with Crippen LogP contribution in [0.4, 0.5) is 22.7 Å². The van der Waals surface area contributed by atoms with Crippen LogP contribution in [-0.2, 0) is 4.79 Å². The number of benzene rings is 2. The fraction of sp³-hybridized carbons (Fsp3) is 0.0952. The van der Waals surface area contributed by atoms with E-state index in [-0.39, 0.29) is 11.8 Å². The molecule has 0 aliphatic heterocycles. The topological polar surface area (TPSA) is 92.4 Å². The summed E-state index contributed by atoms with van der Waals surface area (Å²) in [7, 11) is 1.59. The van der Waals surface area contributed by atoms with Crippen LogP contribution in [-0.4, -0.2) is 23.9 Å². The number of nitrogens with zero attached hydrogens (tertiary/aromatic N) is 1. The fourth-order valence-electron chi connectivity index (χ4n) is 2.48. The molecule has 7 heteroatoms. The van der Waals surface area contributed by atoms with Gasteiger partial charge < -0.3 is 20.7 Å². The lowest BCUT2D eigenvalue weighted by atomic mass is 10.2. The molecule has 1 aromatic heterocycles. The zero-order valence-electron chi connectivity index (χ0n) is 15.5. The first-order valence-corrected chi connectivity index (χ1v) is 8.59. The van der Waals surface area contributed by atoms with Crippen molar-refractivity contribution in [2.45, 2.75) is 6.92 Å². The highest BCUT2D eigenvalue weighted by Gasteiger charge is 2.08. The highest BCUT2D eigenvalue weighted by molar-refractivity contribution is 6.03. The highest BCUT2D eigenvalue weighted by Crippen LogP contribution is 2.19. The molecule has 3 rings (SSSR count). The van der Waals surface area contributed by atoms with Gasteiger partial charge in [0.05, 0.1) is 19.0 Å². The molecule has 2 aromatic carbocycles. The zero-order valence-corrected chi connectivity index (χ0v) is 15.5. The van der Waals surface area contributed by atoms with Gasteiger partial charge in [0, 0.05) is 24.0 Å². The Morgan fingerprint density at radius 1 is 0.786 bits per heavy atom. The molecule has 0 aliphatic rings. The number of ether oxygens (including phenoxy) is 1. The lowest BCUT2D eigenvalue weighted by molar-refractivity contribution is -0.114. The van der Waals surface area contributed by atoms with Crippen molar-refractivity contribution in [1.82, 2.24) is 4.98 Å². The lowest BCUT2D eigenvalue weighted by Gasteiger charge is -2.09. The highest BCUT2D eigenvalue weighted by atomic mass is 16.5. The third kappa shape index (κ3) is 5.07. The Kier molecular flexibility index (Phi) is 5.86. The van der Waals surface area contributed by atoms with E-state index in [0.717, 1.165) is 22.8 Å². The number of methoxy groups -OCH3 is 1. The molecule has 0 fully saturated rings. The van der Waals surface area contributed by atoms with Gasteiger partial charge in [-0.25, -0.2) is 4.98 Å². The molecule has 0 radical (unpaired) electrons. The van der Waals surface area contributed by atoms with Crippen LogP contribution in [0.15, 0.2) is 66.9 Å². The van der Waals surface area contributed by atoms with Gasteiger partial charge >= 0.3 is 0 Å². The number of hydrogen-bond acceptors (Lipinski definition) is 5. The van der Waals surface area contributed by atoms with Gasteiger partial charge in [0.1, 0.15) is 11.4 Å². The molecule has 0 bridgehead atoms. The number of rotatable bonds is 6. The number of nitrogens with one attached hydrogen (secondary N) is 3. The van der Waals surface area contributed by atoms with E-state index in [1.165, 1.54) is 6.92 Å². The van der Waals surface area contributed by atoms with Crippen LogP contribution < -0.4 is 20.7 Å². The van der Waals surface area contributed by atoms with Crippen LogP contribution in [0.5, 0.6) is 5.75 Å². The zero-order chi connectivity index (χ0) is 19.9. The Bertz CT molecular complexity index is 952. The van der Waals surface area contributed by atoms with Crippen molar-refractivity contribution in [3.63, 3.8) is 0 Å². The second-order valence-electron chi connectivity index (χ2n) is 6.00. The predicted molar refractivity (Wildman–Crippen MR) is 109 cm³/mol. The van der Waals surface area contributed by atoms with Gasteiger partial charge in [0.25, 0.3) is 5.91 Å². The largest absolute Gasteiger partial charge is 0.497 e. The summed E-state index contributed by atoms with van der Waals surface area (Å²) >= 11 is 0. The van der Waals surface area contributed by atoms with Gasteiger partial charge in [-0.15, -0.1) is 0 Å². The summed E-state index contributed by atoms with van der Waals surface area (Å²) < 4.78 is 5.09. The van der Waals surface area contributed by atoms with E-state index in [0.29, 0.717) is 11.4 Å². The molecule has 3 N–H and O–H groups in total. The molecule has 7 nitrogen and oxygen atoms in total.